The second-order valence-electron chi connectivity index (χ2n) is 6.61. The minimum Gasteiger partial charge on any atom is -0.493 e. The number of methoxy groups -OCH3 is 1. The Bertz CT molecular complexity index is 907. The van der Waals surface area contributed by atoms with E-state index in [0.29, 0.717) is 13.2 Å². The highest BCUT2D eigenvalue weighted by Crippen LogP contribution is 2.37. The monoisotopic (exact) mass is 425 g/mol. The number of halogens is 1. The van der Waals surface area contributed by atoms with Gasteiger partial charge in [-0.05, 0) is 65.2 Å². The van der Waals surface area contributed by atoms with Gasteiger partial charge in [-0.2, -0.15) is 0 Å². The lowest BCUT2D eigenvalue weighted by Gasteiger charge is -2.15. The van der Waals surface area contributed by atoms with Crippen molar-refractivity contribution in [2.45, 2.75) is 27.0 Å². The first-order chi connectivity index (χ1) is 13.0. The zero-order valence-corrected chi connectivity index (χ0v) is 17.5. The van der Waals surface area contributed by atoms with Gasteiger partial charge in [0.2, 0.25) is 0 Å². The fourth-order valence-electron chi connectivity index (χ4n) is 2.85. The van der Waals surface area contributed by atoms with Gasteiger partial charge in [0.25, 0.3) is 0 Å². The van der Waals surface area contributed by atoms with E-state index in [4.69, 9.17) is 9.47 Å². The molecule has 0 unspecified atom stereocenters. The molecule has 4 heteroatoms. The highest BCUT2D eigenvalue weighted by atomic mass is 79.9. The summed E-state index contributed by atoms with van der Waals surface area (Å²) in [7, 11) is 1.67. The second-order valence-corrected chi connectivity index (χ2v) is 7.46. The average Bonchev–Trinajstić information content (AvgIpc) is 2.66. The lowest BCUT2D eigenvalue weighted by molar-refractivity contribution is 0.282. The molecule has 0 heterocycles. The smallest absolute Gasteiger partial charge is 0.175 e. The van der Waals surface area contributed by atoms with Gasteiger partial charge in [-0.25, -0.2) is 0 Å². The predicted octanol–water partition coefficient (Wildman–Crippen LogP) is 6.27. The van der Waals surface area contributed by atoms with Crippen LogP contribution in [0.3, 0.4) is 0 Å². The van der Waals surface area contributed by atoms with Crippen LogP contribution in [0.1, 0.15) is 22.3 Å². The van der Waals surface area contributed by atoms with E-state index in [2.05, 4.69) is 83.6 Å². The highest BCUT2D eigenvalue weighted by molar-refractivity contribution is 9.10. The maximum Gasteiger partial charge on any atom is 0.175 e. The van der Waals surface area contributed by atoms with Crippen LogP contribution in [0, 0.1) is 13.8 Å². The third kappa shape index (κ3) is 5.27. The van der Waals surface area contributed by atoms with Crippen molar-refractivity contribution >= 4 is 21.6 Å². The Hall–Kier alpha value is -2.46. The number of nitrogens with one attached hydrogen (secondary N) is 1. The first-order valence-electron chi connectivity index (χ1n) is 8.90. The molecule has 140 valence electrons. The summed E-state index contributed by atoms with van der Waals surface area (Å²) in [5, 5.41) is 3.43. The van der Waals surface area contributed by atoms with Crippen LogP contribution in [0.15, 0.2) is 65.1 Å². The normalized spacial score (nSPS) is 10.5. The molecule has 1 N–H and O–H groups in total. The van der Waals surface area contributed by atoms with Gasteiger partial charge in [-0.1, -0.05) is 47.5 Å². The molecule has 0 amide bonds. The minimum atomic E-state index is 0.498. The van der Waals surface area contributed by atoms with Gasteiger partial charge in [-0.15, -0.1) is 0 Å². The summed E-state index contributed by atoms with van der Waals surface area (Å²) < 4.78 is 12.5. The molecule has 27 heavy (non-hydrogen) atoms. The maximum atomic E-state index is 6.04. The molecule has 0 saturated carbocycles. The first-order valence-corrected chi connectivity index (χ1v) is 9.70. The van der Waals surface area contributed by atoms with E-state index in [1.54, 1.807) is 7.11 Å². The largest absolute Gasteiger partial charge is 0.493 e. The zero-order chi connectivity index (χ0) is 19.2. The second kappa shape index (κ2) is 8.96. The number of hydrogen-bond donors (Lipinski definition) is 1. The Morgan fingerprint density at radius 3 is 2.37 bits per heavy atom. The summed E-state index contributed by atoms with van der Waals surface area (Å²) in [4.78, 5) is 0. The van der Waals surface area contributed by atoms with Crippen LogP contribution in [-0.2, 0) is 13.2 Å². The molecule has 0 atom stereocenters. The Labute approximate surface area is 169 Å². The van der Waals surface area contributed by atoms with Crippen molar-refractivity contribution in [1.82, 2.24) is 0 Å². The number of aryl methyl sites for hydroxylation is 2. The number of rotatable bonds is 7. The fourth-order valence-corrected chi connectivity index (χ4v) is 3.45. The van der Waals surface area contributed by atoms with Gasteiger partial charge in [0, 0.05) is 12.2 Å². The van der Waals surface area contributed by atoms with E-state index >= 15 is 0 Å². The maximum absolute atomic E-state index is 6.04. The lowest BCUT2D eigenvalue weighted by Crippen LogP contribution is -2.03. The summed E-state index contributed by atoms with van der Waals surface area (Å²) in [6.07, 6.45) is 0. The summed E-state index contributed by atoms with van der Waals surface area (Å²) in [6.45, 7) is 5.37. The van der Waals surface area contributed by atoms with Crippen LogP contribution < -0.4 is 14.8 Å². The molecular formula is C23H24BrNO2. The summed E-state index contributed by atoms with van der Waals surface area (Å²) in [6, 6.07) is 20.8. The summed E-state index contributed by atoms with van der Waals surface area (Å²) in [5.41, 5.74) is 5.81. The van der Waals surface area contributed by atoms with Crippen LogP contribution in [0.25, 0.3) is 0 Å². The predicted molar refractivity (Wildman–Crippen MR) is 115 cm³/mol. The summed E-state index contributed by atoms with van der Waals surface area (Å²) >= 11 is 3.63. The third-order valence-corrected chi connectivity index (χ3v) is 4.89. The molecule has 0 aliphatic heterocycles. The molecule has 3 aromatic carbocycles. The van der Waals surface area contributed by atoms with Crippen LogP contribution in [0.4, 0.5) is 5.69 Å². The van der Waals surface area contributed by atoms with Crippen LogP contribution in [-0.4, -0.2) is 7.11 Å². The molecule has 3 aromatic rings. The first kappa shape index (κ1) is 19.3. The fraction of sp³-hybridized carbons (Fsp3) is 0.217. The highest BCUT2D eigenvalue weighted by Gasteiger charge is 2.12. The van der Waals surface area contributed by atoms with Crippen molar-refractivity contribution in [2.75, 3.05) is 12.4 Å². The number of ether oxygens (including phenoxy) is 2. The van der Waals surface area contributed by atoms with Gasteiger partial charge in [0.05, 0.1) is 11.6 Å². The Morgan fingerprint density at radius 1 is 0.889 bits per heavy atom. The van der Waals surface area contributed by atoms with Crippen LogP contribution >= 0.6 is 15.9 Å². The van der Waals surface area contributed by atoms with Gasteiger partial charge in [-0.3, -0.25) is 0 Å². The number of benzene rings is 3. The van der Waals surface area contributed by atoms with Crippen molar-refractivity contribution in [3.63, 3.8) is 0 Å². The Kier molecular flexibility index (Phi) is 6.40. The molecule has 0 aliphatic carbocycles. The molecule has 0 aliphatic rings. The van der Waals surface area contributed by atoms with E-state index in [9.17, 15) is 0 Å². The molecule has 0 saturated heterocycles. The molecule has 0 bridgehead atoms. The molecule has 0 radical (unpaired) electrons. The van der Waals surface area contributed by atoms with E-state index in [0.717, 1.165) is 32.8 Å². The van der Waals surface area contributed by atoms with Crippen LogP contribution in [0.2, 0.25) is 0 Å². The zero-order valence-electron chi connectivity index (χ0n) is 15.9. The SMILES string of the molecule is COc1cc(CNc2ccc(C)cc2)cc(Br)c1OCc1cccc(C)c1. The van der Waals surface area contributed by atoms with Gasteiger partial charge in [0.15, 0.2) is 11.5 Å². The average molecular weight is 426 g/mol. The van der Waals surface area contributed by atoms with Crippen molar-refractivity contribution in [2.24, 2.45) is 0 Å². The molecule has 0 aromatic heterocycles. The molecule has 0 fully saturated rings. The van der Waals surface area contributed by atoms with E-state index < -0.39 is 0 Å². The topological polar surface area (TPSA) is 30.5 Å². The Balaban J connectivity index is 1.71. The van der Waals surface area contributed by atoms with Crippen molar-refractivity contribution < 1.29 is 9.47 Å². The van der Waals surface area contributed by atoms with Gasteiger partial charge >= 0.3 is 0 Å². The number of hydrogen-bond acceptors (Lipinski definition) is 3. The molecule has 3 nitrogen and oxygen atoms in total. The van der Waals surface area contributed by atoms with Crippen molar-refractivity contribution in [1.29, 1.82) is 0 Å². The number of anilines is 1. The van der Waals surface area contributed by atoms with Gasteiger partial charge < -0.3 is 14.8 Å². The third-order valence-electron chi connectivity index (χ3n) is 4.30. The van der Waals surface area contributed by atoms with Gasteiger partial charge in [0.1, 0.15) is 6.61 Å². The van der Waals surface area contributed by atoms with Crippen LogP contribution in [0.5, 0.6) is 11.5 Å². The quantitative estimate of drug-likeness (QED) is 0.483. The van der Waals surface area contributed by atoms with E-state index in [-0.39, 0.29) is 0 Å². The molecule has 3 rings (SSSR count). The molecule has 0 spiro atoms. The standard InChI is InChI=1S/C23H24BrNO2/c1-16-7-9-20(10-8-16)25-14-19-12-21(24)23(22(13-19)26-3)27-15-18-6-4-5-17(2)11-18/h4-13,25H,14-15H2,1-3H3. The minimum absolute atomic E-state index is 0.498. The van der Waals surface area contributed by atoms with E-state index in [1.165, 1.54) is 11.1 Å². The lowest BCUT2D eigenvalue weighted by atomic mass is 10.1. The van der Waals surface area contributed by atoms with Crippen molar-refractivity contribution in [3.05, 3.63) is 87.4 Å². The molecular weight excluding hydrogens is 402 g/mol. The summed E-state index contributed by atoms with van der Waals surface area (Å²) in [5.74, 6) is 1.44. The van der Waals surface area contributed by atoms with E-state index in [1.807, 2.05) is 12.1 Å². The Morgan fingerprint density at radius 2 is 1.67 bits per heavy atom. The van der Waals surface area contributed by atoms with Crippen molar-refractivity contribution in [3.8, 4) is 11.5 Å².